The Kier molecular flexibility index (Phi) is 5.39. The van der Waals surface area contributed by atoms with Gasteiger partial charge in [-0.15, -0.1) is 13.2 Å². The molecule has 0 saturated heterocycles. The summed E-state index contributed by atoms with van der Waals surface area (Å²) in [5, 5.41) is 9.07. The summed E-state index contributed by atoms with van der Waals surface area (Å²) in [6.45, 7) is 1.51. The van der Waals surface area contributed by atoms with Crippen LogP contribution >= 0.6 is 15.9 Å². The van der Waals surface area contributed by atoms with E-state index in [2.05, 4.69) is 25.4 Å². The molecule has 20 heavy (non-hydrogen) atoms. The summed E-state index contributed by atoms with van der Waals surface area (Å²) in [5.41, 5.74) is -0.0929. The van der Waals surface area contributed by atoms with Crippen molar-refractivity contribution < 1.29 is 27.4 Å². The Hall–Kier alpha value is -1.75. The molecular formula is C12H9BrF3NO3. The minimum absolute atomic E-state index is 0.00757. The van der Waals surface area contributed by atoms with Crippen LogP contribution in [0.15, 0.2) is 12.1 Å². The number of alkyl halides is 4. The lowest BCUT2D eigenvalue weighted by Gasteiger charge is -2.14. The number of nitrogens with zero attached hydrogens (tertiary/aromatic N) is 1. The fourth-order valence-corrected chi connectivity index (χ4v) is 1.88. The van der Waals surface area contributed by atoms with Crippen molar-refractivity contribution in [3.8, 4) is 11.8 Å². The van der Waals surface area contributed by atoms with E-state index < -0.39 is 23.6 Å². The van der Waals surface area contributed by atoms with Gasteiger partial charge in [-0.3, -0.25) is 0 Å². The fourth-order valence-electron chi connectivity index (χ4n) is 1.41. The second-order valence-electron chi connectivity index (χ2n) is 3.52. The molecule has 0 atom stereocenters. The standard InChI is InChI=1S/C12H9BrF3NO3/c1-2-19-11(18)9-3-8(6-17)7(5-13)4-10(9)20-12(14,15)16/h3-4H,2,5H2,1H3. The molecule has 0 fully saturated rings. The Morgan fingerprint density at radius 2 is 2.10 bits per heavy atom. The van der Waals surface area contributed by atoms with Gasteiger partial charge in [0.2, 0.25) is 0 Å². The van der Waals surface area contributed by atoms with Crippen molar-refractivity contribution in [3.63, 3.8) is 0 Å². The van der Waals surface area contributed by atoms with Crippen molar-refractivity contribution in [2.45, 2.75) is 18.6 Å². The van der Waals surface area contributed by atoms with Crippen LogP contribution in [0.5, 0.6) is 5.75 Å². The van der Waals surface area contributed by atoms with Crippen molar-refractivity contribution in [1.82, 2.24) is 0 Å². The first-order chi connectivity index (χ1) is 9.32. The summed E-state index contributed by atoms with van der Waals surface area (Å²) < 4.78 is 45.5. The number of carbonyl (C=O) groups is 1. The third-order valence-electron chi connectivity index (χ3n) is 2.19. The topological polar surface area (TPSA) is 59.3 Å². The van der Waals surface area contributed by atoms with Gasteiger partial charge in [-0.2, -0.15) is 5.26 Å². The average Bonchev–Trinajstić information content (AvgIpc) is 2.36. The van der Waals surface area contributed by atoms with Crippen LogP contribution in [0.25, 0.3) is 0 Å². The summed E-state index contributed by atoms with van der Waals surface area (Å²) in [6.07, 6.45) is -4.95. The maximum absolute atomic E-state index is 12.3. The predicted molar refractivity (Wildman–Crippen MR) is 66.4 cm³/mol. The van der Waals surface area contributed by atoms with E-state index in [4.69, 9.17) is 5.26 Å². The molecule has 0 aliphatic heterocycles. The van der Waals surface area contributed by atoms with E-state index in [0.717, 1.165) is 12.1 Å². The highest BCUT2D eigenvalue weighted by Gasteiger charge is 2.33. The monoisotopic (exact) mass is 351 g/mol. The van der Waals surface area contributed by atoms with Crippen molar-refractivity contribution in [3.05, 3.63) is 28.8 Å². The molecule has 108 valence electrons. The Bertz CT molecular complexity index is 552. The molecule has 0 amide bonds. The molecule has 1 aromatic rings. The van der Waals surface area contributed by atoms with Crippen LogP contribution in [-0.2, 0) is 10.1 Å². The van der Waals surface area contributed by atoms with Gasteiger partial charge in [0.05, 0.1) is 18.2 Å². The van der Waals surface area contributed by atoms with Gasteiger partial charge in [-0.1, -0.05) is 15.9 Å². The molecule has 0 saturated carbocycles. The summed E-state index contributed by atoms with van der Waals surface area (Å²) in [7, 11) is 0. The van der Waals surface area contributed by atoms with Crippen LogP contribution in [0.1, 0.15) is 28.4 Å². The Balaban J connectivity index is 3.37. The lowest BCUT2D eigenvalue weighted by atomic mass is 10.0. The number of esters is 1. The first-order valence-corrected chi connectivity index (χ1v) is 6.50. The van der Waals surface area contributed by atoms with Gasteiger partial charge in [0.1, 0.15) is 11.3 Å². The number of carbonyl (C=O) groups excluding carboxylic acids is 1. The molecule has 0 radical (unpaired) electrons. The van der Waals surface area contributed by atoms with Gasteiger partial charge in [-0.05, 0) is 24.6 Å². The lowest BCUT2D eigenvalue weighted by Crippen LogP contribution is -2.20. The molecule has 0 aliphatic carbocycles. The summed E-state index contributed by atoms with van der Waals surface area (Å²) in [6, 6.07) is 3.82. The van der Waals surface area contributed by atoms with Gasteiger partial charge < -0.3 is 9.47 Å². The molecule has 0 unspecified atom stereocenters. The van der Waals surface area contributed by atoms with Crippen LogP contribution in [-0.4, -0.2) is 18.9 Å². The number of benzene rings is 1. The van der Waals surface area contributed by atoms with Crippen LogP contribution in [0, 0.1) is 11.3 Å². The second-order valence-corrected chi connectivity index (χ2v) is 4.08. The Morgan fingerprint density at radius 1 is 1.45 bits per heavy atom. The molecule has 4 nitrogen and oxygen atoms in total. The fraction of sp³-hybridized carbons (Fsp3) is 0.333. The maximum atomic E-state index is 12.3. The molecule has 0 spiro atoms. The third kappa shape index (κ3) is 4.13. The highest BCUT2D eigenvalue weighted by molar-refractivity contribution is 9.08. The first-order valence-electron chi connectivity index (χ1n) is 5.38. The molecule has 0 bridgehead atoms. The molecule has 1 aromatic carbocycles. The Morgan fingerprint density at radius 3 is 2.55 bits per heavy atom. The van der Waals surface area contributed by atoms with E-state index in [9.17, 15) is 18.0 Å². The zero-order valence-electron chi connectivity index (χ0n) is 10.3. The van der Waals surface area contributed by atoms with Crippen LogP contribution in [0.2, 0.25) is 0 Å². The molecule has 0 aromatic heterocycles. The van der Waals surface area contributed by atoms with Gasteiger partial charge in [0, 0.05) is 5.33 Å². The van der Waals surface area contributed by atoms with E-state index in [1.807, 2.05) is 0 Å². The Labute approximate surface area is 121 Å². The molecular weight excluding hydrogens is 343 g/mol. The minimum atomic E-state index is -4.95. The van der Waals surface area contributed by atoms with Crippen LogP contribution in [0.4, 0.5) is 13.2 Å². The lowest BCUT2D eigenvalue weighted by molar-refractivity contribution is -0.274. The molecule has 0 N–H and O–H groups in total. The van der Waals surface area contributed by atoms with Gasteiger partial charge in [0.15, 0.2) is 0 Å². The summed E-state index contributed by atoms with van der Waals surface area (Å²) >= 11 is 3.05. The van der Waals surface area contributed by atoms with E-state index in [0.29, 0.717) is 0 Å². The average molecular weight is 352 g/mol. The highest BCUT2D eigenvalue weighted by Crippen LogP contribution is 2.30. The molecule has 0 aliphatic rings. The molecule has 8 heteroatoms. The smallest absolute Gasteiger partial charge is 0.462 e. The number of nitriles is 1. The van der Waals surface area contributed by atoms with E-state index in [-0.39, 0.29) is 23.1 Å². The van der Waals surface area contributed by atoms with E-state index >= 15 is 0 Å². The van der Waals surface area contributed by atoms with Gasteiger partial charge in [-0.25, -0.2) is 4.79 Å². The largest absolute Gasteiger partial charge is 0.573 e. The number of ether oxygens (including phenoxy) is 2. The van der Waals surface area contributed by atoms with Crippen molar-refractivity contribution in [1.29, 1.82) is 5.26 Å². The minimum Gasteiger partial charge on any atom is -0.462 e. The summed E-state index contributed by atoms with van der Waals surface area (Å²) in [5.74, 6) is -1.67. The number of halogens is 4. The zero-order valence-corrected chi connectivity index (χ0v) is 11.8. The number of hydrogen-bond donors (Lipinski definition) is 0. The van der Waals surface area contributed by atoms with Crippen molar-refractivity contribution >= 4 is 21.9 Å². The molecule has 1 rings (SSSR count). The van der Waals surface area contributed by atoms with Crippen molar-refractivity contribution in [2.75, 3.05) is 6.61 Å². The number of hydrogen-bond acceptors (Lipinski definition) is 4. The zero-order chi connectivity index (χ0) is 15.3. The highest BCUT2D eigenvalue weighted by atomic mass is 79.9. The quantitative estimate of drug-likeness (QED) is 0.615. The van der Waals surface area contributed by atoms with Crippen LogP contribution in [0.3, 0.4) is 0 Å². The maximum Gasteiger partial charge on any atom is 0.573 e. The SMILES string of the molecule is CCOC(=O)c1cc(C#N)c(CBr)cc1OC(F)(F)F. The second kappa shape index (κ2) is 6.61. The van der Waals surface area contributed by atoms with Crippen molar-refractivity contribution in [2.24, 2.45) is 0 Å². The van der Waals surface area contributed by atoms with Gasteiger partial charge in [0.25, 0.3) is 0 Å². The normalized spacial score (nSPS) is 10.8. The van der Waals surface area contributed by atoms with E-state index in [1.165, 1.54) is 6.92 Å². The molecule has 0 heterocycles. The summed E-state index contributed by atoms with van der Waals surface area (Å²) in [4.78, 5) is 11.6. The van der Waals surface area contributed by atoms with E-state index in [1.54, 1.807) is 6.07 Å². The van der Waals surface area contributed by atoms with Crippen LogP contribution < -0.4 is 4.74 Å². The van der Waals surface area contributed by atoms with Gasteiger partial charge >= 0.3 is 12.3 Å². The third-order valence-corrected chi connectivity index (χ3v) is 2.79. The number of rotatable bonds is 4. The predicted octanol–water partition coefficient (Wildman–Crippen LogP) is 3.53. The first kappa shape index (κ1) is 16.3.